The molecule has 1 aromatic carbocycles. The lowest BCUT2D eigenvalue weighted by atomic mass is 9.55. The zero-order valence-corrected chi connectivity index (χ0v) is 11.9. The van der Waals surface area contributed by atoms with Crippen LogP contribution in [0.5, 0.6) is 0 Å². The van der Waals surface area contributed by atoms with E-state index in [0.717, 1.165) is 5.46 Å². The Bertz CT molecular complexity index is 713. The first-order valence-corrected chi connectivity index (χ1v) is 7.26. The molecule has 3 aliphatic rings. The van der Waals surface area contributed by atoms with Crippen molar-refractivity contribution in [3.63, 3.8) is 0 Å². The molecule has 0 spiro atoms. The van der Waals surface area contributed by atoms with Gasteiger partial charge >= 0.3 is 0 Å². The molecule has 1 heteroatoms. The maximum absolute atomic E-state index is 6.04. The number of allylic oxidation sites excluding steroid dienone is 8. The molecule has 0 bridgehead atoms. The van der Waals surface area contributed by atoms with Crippen LogP contribution in [0.1, 0.15) is 25.0 Å². The summed E-state index contributed by atoms with van der Waals surface area (Å²) in [6, 6.07) is 6.39. The van der Waals surface area contributed by atoms with Crippen molar-refractivity contribution in [1.82, 2.24) is 0 Å². The van der Waals surface area contributed by atoms with Crippen LogP contribution in [-0.2, 0) is 5.41 Å². The molecule has 20 heavy (non-hydrogen) atoms. The standard InChI is InChI=1S/C19H17B/c1-19(2)16-8-4-6-12-5-3-7-15(18(12)16)14-10-9-13(20)11-17(14)19/h3-11,16,18H,1-2H3. The first-order chi connectivity index (χ1) is 9.59. The number of rotatable bonds is 0. The third-order valence-corrected chi connectivity index (χ3v) is 5.11. The first-order valence-electron chi connectivity index (χ1n) is 7.26. The zero-order valence-electron chi connectivity index (χ0n) is 11.9. The summed E-state index contributed by atoms with van der Waals surface area (Å²) in [7, 11) is 6.04. The molecule has 2 radical (unpaired) electrons. The highest BCUT2D eigenvalue weighted by Crippen LogP contribution is 2.54. The van der Waals surface area contributed by atoms with Gasteiger partial charge in [0.05, 0.1) is 0 Å². The van der Waals surface area contributed by atoms with Crippen LogP contribution < -0.4 is 5.46 Å². The van der Waals surface area contributed by atoms with Crippen molar-refractivity contribution in [1.29, 1.82) is 0 Å². The van der Waals surface area contributed by atoms with Crippen molar-refractivity contribution in [2.24, 2.45) is 11.8 Å². The topological polar surface area (TPSA) is 0 Å². The van der Waals surface area contributed by atoms with E-state index in [9.17, 15) is 0 Å². The van der Waals surface area contributed by atoms with Crippen molar-refractivity contribution in [2.45, 2.75) is 19.3 Å². The fraction of sp³-hybridized carbons (Fsp3) is 0.263. The van der Waals surface area contributed by atoms with E-state index < -0.39 is 0 Å². The Morgan fingerprint density at radius 1 is 1.10 bits per heavy atom. The highest BCUT2D eigenvalue weighted by atomic mass is 14.5. The number of hydrogen-bond donors (Lipinski definition) is 0. The first kappa shape index (κ1) is 12.0. The maximum Gasteiger partial charge on any atom is 0.113 e. The van der Waals surface area contributed by atoms with Gasteiger partial charge in [0.15, 0.2) is 0 Å². The van der Waals surface area contributed by atoms with Crippen LogP contribution in [0, 0.1) is 11.8 Å². The lowest BCUT2D eigenvalue weighted by Crippen LogP contribution is -2.41. The zero-order chi connectivity index (χ0) is 13.9. The molecule has 1 aromatic rings. The molecule has 2 atom stereocenters. The second-order valence-electron chi connectivity index (χ2n) is 6.56. The van der Waals surface area contributed by atoms with Crippen LogP contribution in [0.3, 0.4) is 0 Å². The summed E-state index contributed by atoms with van der Waals surface area (Å²) < 4.78 is 0. The molecule has 0 amide bonds. The lowest BCUT2D eigenvalue weighted by molar-refractivity contribution is 0.323. The third-order valence-electron chi connectivity index (χ3n) is 5.11. The molecule has 4 rings (SSSR count). The fourth-order valence-corrected chi connectivity index (χ4v) is 4.05. The van der Waals surface area contributed by atoms with Crippen molar-refractivity contribution >= 4 is 18.9 Å². The minimum Gasteiger partial charge on any atom is -0.0963 e. The van der Waals surface area contributed by atoms with Gasteiger partial charge in [-0.2, -0.15) is 0 Å². The van der Waals surface area contributed by atoms with Gasteiger partial charge in [-0.05, 0) is 33.6 Å². The van der Waals surface area contributed by atoms with Crippen LogP contribution in [0.2, 0.25) is 0 Å². The minimum absolute atomic E-state index is 0.105. The largest absolute Gasteiger partial charge is 0.113 e. The van der Waals surface area contributed by atoms with E-state index in [1.165, 1.54) is 22.3 Å². The lowest BCUT2D eigenvalue weighted by Gasteiger charge is -2.48. The van der Waals surface area contributed by atoms with Crippen LogP contribution in [0.25, 0.3) is 5.57 Å². The SMILES string of the molecule is [B]c1ccc2c(c1)C(C)(C)C1C=CC=C3C=CC=C2C31. The van der Waals surface area contributed by atoms with E-state index in [0.29, 0.717) is 11.8 Å². The Hall–Kier alpha value is -1.76. The maximum atomic E-state index is 6.04. The van der Waals surface area contributed by atoms with Crippen molar-refractivity contribution in [3.05, 3.63) is 71.4 Å². The van der Waals surface area contributed by atoms with Gasteiger partial charge in [-0.3, -0.25) is 0 Å². The predicted octanol–water partition coefficient (Wildman–Crippen LogP) is 3.45. The van der Waals surface area contributed by atoms with Crippen LogP contribution in [0.4, 0.5) is 0 Å². The normalized spacial score (nSPS) is 28.3. The van der Waals surface area contributed by atoms with E-state index in [1.807, 2.05) is 6.07 Å². The van der Waals surface area contributed by atoms with Gasteiger partial charge < -0.3 is 0 Å². The Morgan fingerprint density at radius 2 is 1.95 bits per heavy atom. The highest BCUT2D eigenvalue weighted by Gasteiger charge is 2.45. The Kier molecular flexibility index (Phi) is 2.33. The summed E-state index contributed by atoms with van der Waals surface area (Å²) in [5.41, 5.74) is 6.60. The second kappa shape index (κ2) is 3.88. The molecule has 0 saturated carbocycles. The van der Waals surface area contributed by atoms with E-state index >= 15 is 0 Å². The molecule has 0 heterocycles. The van der Waals surface area contributed by atoms with Gasteiger partial charge in [-0.25, -0.2) is 0 Å². The van der Waals surface area contributed by atoms with Crippen LogP contribution in [0.15, 0.2) is 60.2 Å². The average Bonchev–Trinajstić information content (AvgIpc) is 2.45. The molecule has 0 fully saturated rings. The van der Waals surface area contributed by atoms with Gasteiger partial charge in [0.25, 0.3) is 0 Å². The second-order valence-corrected chi connectivity index (χ2v) is 6.56. The quantitative estimate of drug-likeness (QED) is 0.623. The third kappa shape index (κ3) is 1.44. The van der Waals surface area contributed by atoms with Gasteiger partial charge in [-0.1, -0.05) is 74.0 Å². The summed E-state index contributed by atoms with van der Waals surface area (Å²) in [6.07, 6.45) is 13.5. The monoisotopic (exact) mass is 256 g/mol. The number of hydrogen-bond acceptors (Lipinski definition) is 0. The Labute approximate surface area is 122 Å². The summed E-state index contributed by atoms with van der Waals surface area (Å²) in [6.45, 7) is 4.69. The highest BCUT2D eigenvalue weighted by molar-refractivity contribution is 6.32. The molecular weight excluding hydrogens is 239 g/mol. The summed E-state index contributed by atoms with van der Waals surface area (Å²) in [5.74, 6) is 1.00. The van der Waals surface area contributed by atoms with Crippen molar-refractivity contribution in [3.8, 4) is 0 Å². The molecule has 96 valence electrons. The molecule has 0 saturated heterocycles. The van der Waals surface area contributed by atoms with Gasteiger partial charge in [-0.15, -0.1) is 0 Å². The van der Waals surface area contributed by atoms with E-state index in [1.54, 1.807) is 0 Å². The molecular formula is C19H17B. The van der Waals surface area contributed by atoms with Gasteiger partial charge in [0, 0.05) is 5.92 Å². The minimum atomic E-state index is 0.105. The Morgan fingerprint density at radius 3 is 2.80 bits per heavy atom. The summed E-state index contributed by atoms with van der Waals surface area (Å²) >= 11 is 0. The van der Waals surface area contributed by atoms with E-state index in [-0.39, 0.29) is 5.41 Å². The van der Waals surface area contributed by atoms with E-state index in [4.69, 9.17) is 7.85 Å². The van der Waals surface area contributed by atoms with Gasteiger partial charge in [0.2, 0.25) is 0 Å². The smallest absolute Gasteiger partial charge is 0.0963 e. The molecule has 0 N–H and O–H groups in total. The van der Waals surface area contributed by atoms with Gasteiger partial charge in [0.1, 0.15) is 7.85 Å². The fourth-order valence-electron chi connectivity index (χ4n) is 4.05. The molecule has 0 aliphatic heterocycles. The predicted molar refractivity (Wildman–Crippen MR) is 86.2 cm³/mol. The van der Waals surface area contributed by atoms with Crippen molar-refractivity contribution in [2.75, 3.05) is 0 Å². The summed E-state index contributed by atoms with van der Waals surface area (Å²) in [4.78, 5) is 0. The molecule has 0 aromatic heterocycles. The molecule has 0 nitrogen and oxygen atoms in total. The summed E-state index contributed by atoms with van der Waals surface area (Å²) in [5, 5.41) is 0. The number of benzene rings is 1. The molecule has 3 aliphatic carbocycles. The van der Waals surface area contributed by atoms with Crippen LogP contribution in [-0.4, -0.2) is 7.85 Å². The van der Waals surface area contributed by atoms with Crippen LogP contribution >= 0.6 is 0 Å². The van der Waals surface area contributed by atoms with E-state index in [2.05, 4.69) is 62.4 Å². The Balaban J connectivity index is 2.05. The number of fused-ring (bicyclic) bond motifs is 2. The molecule has 2 unspecified atom stereocenters. The average molecular weight is 256 g/mol. The van der Waals surface area contributed by atoms with Crippen molar-refractivity contribution < 1.29 is 0 Å².